The van der Waals surface area contributed by atoms with E-state index in [1.807, 2.05) is 27.8 Å². The molecule has 0 radical (unpaired) electrons. The summed E-state index contributed by atoms with van der Waals surface area (Å²) in [5.74, 6) is 0. The summed E-state index contributed by atoms with van der Waals surface area (Å²) in [6.07, 6.45) is 3.28. The van der Waals surface area contributed by atoms with Crippen LogP contribution in [0, 0.1) is 11.8 Å². The van der Waals surface area contributed by atoms with E-state index in [-0.39, 0.29) is 11.7 Å². The molecular formula is C11H20N2O2. The minimum absolute atomic E-state index is 0.197. The number of nitriles is 1. The van der Waals surface area contributed by atoms with Crippen LogP contribution in [0.1, 0.15) is 40.0 Å². The molecule has 0 saturated heterocycles. The highest BCUT2D eigenvalue weighted by Gasteiger charge is 2.28. The number of amides is 1. The molecule has 0 atom stereocenters. The zero-order valence-electron chi connectivity index (χ0n) is 9.99. The van der Waals surface area contributed by atoms with Crippen LogP contribution in [0.4, 0.5) is 4.79 Å². The third-order valence-electron chi connectivity index (χ3n) is 2.30. The lowest BCUT2D eigenvalue weighted by Crippen LogP contribution is -2.43. The molecule has 86 valence electrons. The van der Waals surface area contributed by atoms with Crippen LogP contribution in [-0.2, 0) is 4.74 Å². The number of hydrogen-bond donors (Lipinski definition) is 0. The van der Waals surface area contributed by atoms with Gasteiger partial charge in [0, 0.05) is 19.7 Å². The molecule has 1 fully saturated rings. The monoisotopic (exact) mass is 212 g/mol. The fourth-order valence-electron chi connectivity index (χ4n) is 1.26. The SMILES string of the molecule is C#N.CN(C(=O)OC(C)(C)C)C1CCC1. The van der Waals surface area contributed by atoms with E-state index in [0.717, 1.165) is 12.8 Å². The quantitative estimate of drug-likeness (QED) is 0.671. The van der Waals surface area contributed by atoms with Gasteiger partial charge in [-0.3, -0.25) is 0 Å². The first-order valence-electron chi connectivity index (χ1n) is 5.12. The van der Waals surface area contributed by atoms with Gasteiger partial charge in [0.05, 0.1) is 0 Å². The van der Waals surface area contributed by atoms with Gasteiger partial charge in [0.2, 0.25) is 0 Å². The maximum atomic E-state index is 11.5. The average Bonchev–Trinajstić information content (AvgIpc) is 2.01. The summed E-state index contributed by atoms with van der Waals surface area (Å²) in [4.78, 5) is 13.2. The van der Waals surface area contributed by atoms with E-state index in [0.29, 0.717) is 6.04 Å². The summed E-state index contributed by atoms with van der Waals surface area (Å²) >= 11 is 0. The lowest BCUT2D eigenvalue weighted by atomic mass is 9.92. The third kappa shape index (κ3) is 4.68. The van der Waals surface area contributed by atoms with Gasteiger partial charge >= 0.3 is 6.09 Å². The number of hydrogen-bond acceptors (Lipinski definition) is 3. The molecule has 0 unspecified atom stereocenters. The third-order valence-corrected chi connectivity index (χ3v) is 2.30. The lowest BCUT2D eigenvalue weighted by molar-refractivity contribution is 0.0145. The van der Waals surface area contributed by atoms with Crippen LogP contribution in [0.15, 0.2) is 0 Å². The number of rotatable bonds is 1. The summed E-state index contributed by atoms with van der Waals surface area (Å²) < 4.78 is 5.24. The molecule has 1 aliphatic carbocycles. The van der Waals surface area contributed by atoms with Gasteiger partial charge in [0.15, 0.2) is 0 Å². The molecule has 1 amide bonds. The van der Waals surface area contributed by atoms with Crippen molar-refractivity contribution in [2.75, 3.05) is 7.05 Å². The molecule has 15 heavy (non-hydrogen) atoms. The molecular weight excluding hydrogens is 192 g/mol. The first-order chi connectivity index (χ1) is 6.90. The van der Waals surface area contributed by atoms with Gasteiger partial charge in [-0.05, 0) is 40.0 Å². The van der Waals surface area contributed by atoms with Crippen molar-refractivity contribution < 1.29 is 9.53 Å². The second-order valence-corrected chi connectivity index (χ2v) is 4.68. The smallest absolute Gasteiger partial charge is 0.410 e. The van der Waals surface area contributed by atoms with Crippen LogP contribution in [0.25, 0.3) is 0 Å². The van der Waals surface area contributed by atoms with E-state index in [4.69, 9.17) is 10.00 Å². The molecule has 0 aromatic carbocycles. The first kappa shape index (κ1) is 13.8. The lowest BCUT2D eigenvalue weighted by Gasteiger charge is -2.35. The molecule has 0 spiro atoms. The zero-order valence-corrected chi connectivity index (χ0v) is 9.99. The maximum Gasteiger partial charge on any atom is 0.410 e. The van der Waals surface area contributed by atoms with Crippen molar-refractivity contribution in [3.05, 3.63) is 0 Å². The highest BCUT2D eigenvalue weighted by Crippen LogP contribution is 2.24. The van der Waals surface area contributed by atoms with Gasteiger partial charge in [0.25, 0.3) is 0 Å². The van der Waals surface area contributed by atoms with Gasteiger partial charge in [0.1, 0.15) is 5.60 Å². The Bertz CT molecular complexity index is 226. The van der Waals surface area contributed by atoms with Crippen molar-refractivity contribution >= 4 is 6.09 Å². The summed E-state index contributed by atoms with van der Waals surface area (Å²) in [5.41, 5.74) is -0.380. The van der Waals surface area contributed by atoms with Gasteiger partial charge in [-0.2, -0.15) is 0 Å². The molecule has 1 saturated carbocycles. The predicted molar refractivity (Wildman–Crippen MR) is 58.3 cm³/mol. The number of carbonyl (C=O) groups is 1. The Balaban J connectivity index is 0.000000921. The molecule has 4 heteroatoms. The summed E-state index contributed by atoms with van der Waals surface area (Å²) in [5, 5.41) is 6.50. The first-order valence-corrected chi connectivity index (χ1v) is 5.12. The molecule has 4 nitrogen and oxygen atoms in total. The highest BCUT2D eigenvalue weighted by atomic mass is 16.6. The van der Waals surface area contributed by atoms with E-state index >= 15 is 0 Å². The Morgan fingerprint density at radius 3 is 2.13 bits per heavy atom. The van der Waals surface area contributed by atoms with Gasteiger partial charge in [-0.15, -0.1) is 0 Å². The van der Waals surface area contributed by atoms with Gasteiger partial charge in [-0.1, -0.05) is 0 Å². The minimum atomic E-state index is -0.380. The van der Waals surface area contributed by atoms with Gasteiger partial charge < -0.3 is 9.64 Å². The topological polar surface area (TPSA) is 53.3 Å². The molecule has 1 aliphatic rings. The second kappa shape index (κ2) is 5.59. The van der Waals surface area contributed by atoms with Crippen molar-refractivity contribution in [3.63, 3.8) is 0 Å². The number of ether oxygens (including phenoxy) is 1. The molecule has 0 heterocycles. The van der Waals surface area contributed by atoms with E-state index in [1.54, 1.807) is 4.90 Å². The molecule has 0 aliphatic heterocycles. The standard InChI is InChI=1S/C10H19NO2.CHN/c1-10(2,3)13-9(12)11(4)8-6-5-7-8;1-2/h8H,5-7H2,1-4H3;1H. The van der Waals surface area contributed by atoms with Crippen molar-refractivity contribution in [2.24, 2.45) is 0 Å². The number of nitrogens with zero attached hydrogens (tertiary/aromatic N) is 2. The summed E-state index contributed by atoms with van der Waals surface area (Å²) in [7, 11) is 1.82. The van der Waals surface area contributed by atoms with Crippen LogP contribution in [0.2, 0.25) is 0 Å². The second-order valence-electron chi connectivity index (χ2n) is 4.68. The summed E-state index contributed by atoms with van der Waals surface area (Å²) in [6.45, 7) is 9.17. The molecule has 0 aromatic heterocycles. The average molecular weight is 212 g/mol. The fraction of sp³-hybridized carbons (Fsp3) is 0.818. The van der Waals surface area contributed by atoms with Crippen LogP contribution < -0.4 is 0 Å². The van der Waals surface area contributed by atoms with E-state index in [1.165, 1.54) is 6.42 Å². The normalized spacial score (nSPS) is 15.6. The van der Waals surface area contributed by atoms with E-state index in [9.17, 15) is 4.79 Å². The predicted octanol–water partition coefficient (Wildman–Crippen LogP) is 2.55. The Labute approximate surface area is 91.8 Å². The Hall–Kier alpha value is -1.24. The Morgan fingerprint density at radius 1 is 1.40 bits per heavy atom. The largest absolute Gasteiger partial charge is 0.444 e. The molecule has 1 rings (SSSR count). The zero-order chi connectivity index (χ0) is 12.1. The minimum Gasteiger partial charge on any atom is -0.444 e. The fourth-order valence-corrected chi connectivity index (χ4v) is 1.26. The van der Waals surface area contributed by atoms with Crippen LogP contribution in [0.3, 0.4) is 0 Å². The molecule has 0 aromatic rings. The summed E-state index contributed by atoms with van der Waals surface area (Å²) in [6, 6.07) is 0.412. The Morgan fingerprint density at radius 2 is 1.87 bits per heavy atom. The van der Waals surface area contributed by atoms with Crippen molar-refractivity contribution in [1.82, 2.24) is 4.90 Å². The molecule has 0 bridgehead atoms. The van der Waals surface area contributed by atoms with E-state index in [2.05, 4.69) is 6.57 Å². The van der Waals surface area contributed by atoms with E-state index < -0.39 is 0 Å². The molecule has 0 N–H and O–H groups in total. The maximum absolute atomic E-state index is 11.5. The highest BCUT2D eigenvalue weighted by molar-refractivity contribution is 5.68. The Kier molecular flexibility index (Phi) is 5.13. The van der Waals surface area contributed by atoms with Crippen molar-refractivity contribution in [2.45, 2.75) is 51.7 Å². The van der Waals surface area contributed by atoms with Crippen molar-refractivity contribution in [3.8, 4) is 6.57 Å². The van der Waals surface area contributed by atoms with Crippen LogP contribution >= 0.6 is 0 Å². The van der Waals surface area contributed by atoms with Crippen LogP contribution in [0.5, 0.6) is 0 Å². The van der Waals surface area contributed by atoms with Crippen LogP contribution in [-0.4, -0.2) is 29.7 Å². The van der Waals surface area contributed by atoms with Gasteiger partial charge in [-0.25, -0.2) is 10.1 Å². The van der Waals surface area contributed by atoms with Crippen molar-refractivity contribution in [1.29, 1.82) is 5.26 Å². The number of carbonyl (C=O) groups excluding carboxylic acids is 1.